The van der Waals surface area contributed by atoms with Crippen LogP contribution in [0.25, 0.3) is 72.1 Å². The average molecular weight is 964 g/mol. The molecule has 1 aliphatic heterocycles. The van der Waals surface area contributed by atoms with Gasteiger partial charge in [-0.2, -0.15) is 0 Å². The number of hydrogen-bond acceptors (Lipinski definition) is 3. The molecule has 4 nitrogen and oxygen atoms in total. The number of ketones is 1. The fraction of sp³-hybridized carbons (Fsp3) is 0.200. The van der Waals surface area contributed by atoms with Gasteiger partial charge in [0.05, 0.1) is 16.7 Å². The van der Waals surface area contributed by atoms with E-state index in [4.69, 9.17) is 0 Å². The second-order valence-corrected chi connectivity index (χ2v) is 18.2. The largest absolute Gasteiger partial charge is 0.512 e. The zero-order valence-electron chi connectivity index (χ0n) is 35.6. The number of allylic oxidation sites excluding steroid dienone is 2. The monoisotopic (exact) mass is 964 g/mol. The molecule has 0 spiro atoms. The van der Waals surface area contributed by atoms with E-state index in [1.807, 2.05) is 72.0 Å². The first kappa shape index (κ1) is 42.3. The minimum absolute atomic E-state index is 0. The Morgan fingerprint density at radius 3 is 1.85 bits per heavy atom. The third kappa shape index (κ3) is 8.05. The van der Waals surface area contributed by atoms with Gasteiger partial charge in [-0.1, -0.05) is 140 Å². The third-order valence-corrected chi connectivity index (χ3v) is 11.5. The summed E-state index contributed by atoms with van der Waals surface area (Å²) in [7, 11) is 0. The summed E-state index contributed by atoms with van der Waals surface area (Å²) in [6.45, 7) is 15.9. The standard InChI is InChI=1S/C44H31N2.C11H20O2.Ir/c1-44(2)38-27-33(31-16-11-17-34(24-31)40-18-9-10-23-45-40)20-22-42(38)46-41-21-19-32(29-12-5-3-6-13-29)25-36(41)37-26-35(28-39(44)43(37)46)30-14-7-4-8-15-30;1-10(2,3)8(12)7-9(13)11(4,5)6;/h3-16,18-28H,1-2H3;7,12H,1-6H3;/q-1;;. The van der Waals surface area contributed by atoms with E-state index in [0.29, 0.717) is 0 Å². The van der Waals surface area contributed by atoms with Crippen LogP contribution in [0.2, 0.25) is 0 Å². The van der Waals surface area contributed by atoms with Gasteiger partial charge in [-0.15, -0.1) is 35.4 Å². The number of fused-ring (bicyclic) bond motifs is 5. The predicted octanol–water partition coefficient (Wildman–Crippen LogP) is 14.4. The maximum atomic E-state index is 11.5. The van der Waals surface area contributed by atoms with E-state index in [-0.39, 0.29) is 42.5 Å². The molecule has 0 fully saturated rings. The molecule has 9 rings (SSSR count). The minimum Gasteiger partial charge on any atom is -0.512 e. The van der Waals surface area contributed by atoms with Gasteiger partial charge in [-0.3, -0.25) is 4.79 Å². The molecule has 303 valence electrons. The van der Waals surface area contributed by atoms with Crippen LogP contribution in [0.15, 0.2) is 164 Å². The Kier molecular flexibility index (Phi) is 11.5. The van der Waals surface area contributed by atoms with Crippen LogP contribution < -0.4 is 0 Å². The molecular formula is C55H51IrN2O2-. The summed E-state index contributed by atoms with van der Waals surface area (Å²) in [4.78, 5) is 16.1. The number of rotatable bonds is 5. The first-order valence-electron chi connectivity index (χ1n) is 20.4. The first-order valence-corrected chi connectivity index (χ1v) is 20.4. The van der Waals surface area contributed by atoms with Crippen molar-refractivity contribution < 1.29 is 30.0 Å². The van der Waals surface area contributed by atoms with E-state index in [2.05, 4.69) is 151 Å². The van der Waals surface area contributed by atoms with Crippen molar-refractivity contribution in [3.8, 4) is 50.3 Å². The Morgan fingerprint density at radius 2 is 1.22 bits per heavy atom. The van der Waals surface area contributed by atoms with Gasteiger partial charge in [0.1, 0.15) is 5.76 Å². The van der Waals surface area contributed by atoms with Gasteiger partial charge in [0.25, 0.3) is 0 Å². The topological polar surface area (TPSA) is 55.1 Å². The third-order valence-electron chi connectivity index (χ3n) is 11.5. The molecule has 8 aromatic rings. The van der Waals surface area contributed by atoms with E-state index in [1.54, 1.807) is 0 Å². The number of aliphatic hydroxyl groups is 1. The Labute approximate surface area is 368 Å². The van der Waals surface area contributed by atoms with Gasteiger partial charge in [-0.25, -0.2) is 0 Å². The number of carbonyl (C=O) groups excluding carboxylic acids is 1. The molecule has 1 N–H and O–H groups in total. The van der Waals surface area contributed by atoms with Crippen LogP contribution in [-0.4, -0.2) is 20.4 Å². The number of carbonyl (C=O) groups is 1. The van der Waals surface area contributed by atoms with Gasteiger partial charge in [-0.05, 0) is 87.1 Å². The van der Waals surface area contributed by atoms with Crippen molar-refractivity contribution in [2.75, 3.05) is 0 Å². The molecule has 0 saturated heterocycles. The molecule has 2 aromatic heterocycles. The normalized spacial score (nSPS) is 13.2. The van der Waals surface area contributed by atoms with Crippen molar-refractivity contribution in [3.63, 3.8) is 0 Å². The zero-order chi connectivity index (χ0) is 41.7. The molecule has 0 aliphatic carbocycles. The molecule has 60 heavy (non-hydrogen) atoms. The fourth-order valence-electron chi connectivity index (χ4n) is 7.91. The summed E-state index contributed by atoms with van der Waals surface area (Å²) in [5.41, 5.74) is 14.7. The second kappa shape index (κ2) is 16.3. The average Bonchev–Trinajstić information content (AvgIpc) is 3.57. The molecule has 1 radical (unpaired) electrons. The fourth-order valence-corrected chi connectivity index (χ4v) is 7.91. The number of hydrogen-bond donors (Lipinski definition) is 1. The number of nitrogens with zero attached hydrogens (tertiary/aromatic N) is 2. The summed E-state index contributed by atoms with van der Waals surface area (Å²) in [5, 5.41) is 12.1. The summed E-state index contributed by atoms with van der Waals surface area (Å²) in [6, 6.07) is 56.0. The van der Waals surface area contributed by atoms with Crippen molar-refractivity contribution in [1.82, 2.24) is 9.55 Å². The summed E-state index contributed by atoms with van der Waals surface area (Å²) in [5.74, 6) is 0.104. The molecule has 0 bridgehead atoms. The van der Waals surface area contributed by atoms with E-state index < -0.39 is 5.41 Å². The Bertz CT molecular complexity index is 2880. The van der Waals surface area contributed by atoms with E-state index in [0.717, 1.165) is 16.8 Å². The van der Waals surface area contributed by atoms with Crippen LogP contribution in [0, 0.1) is 16.9 Å². The van der Waals surface area contributed by atoms with Gasteiger partial charge >= 0.3 is 0 Å². The minimum atomic E-state index is -0.417. The molecule has 0 amide bonds. The van der Waals surface area contributed by atoms with Crippen LogP contribution in [0.4, 0.5) is 0 Å². The van der Waals surface area contributed by atoms with Crippen molar-refractivity contribution in [2.45, 2.75) is 60.8 Å². The SMILES string of the molecule is CC(C)(C)C(=O)C=C(O)C(C)(C)C.CC1(C)c2cc(-c3cc[c-]c(-c4ccccn4)c3)ccc2-n2c3ccc(-c4ccccc4)cc3c3cc(-c4ccccc4)cc1c32.[Ir]. The van der Waals surface area contributed by atoms with Crippen LogP contribution >= 0.6 is 0 Å². The molecule has 0 unspecified atom stereocenters. The first-order chi connectivity index (χ1) is 28.1. The Hall–Kier alpha value is -5.87. The van der Waals surface area contributed by atoms with Crippen molar-refractivity contribution in [3.05, 3.63) is 181 Å². The van der Waals surface area contributed by atoms with E-state index in [9.17, 15) is 9.90 Å². The number of aliphatic hydroxyl groups excluding tert-OH is 1. The van der Waals surface area contributed by atoms with Crippen LogP contribution in [0.5, 0.6) is 0 Å². The Balaban J connectivity index is 0.000000339. The molecular weight excluding hydrogens is 913 g/mol. The quantitative estimate of drug-likeness (QED) is 0.106. The van der Waals surface area contributed by atoms with Gasteiger partial charge < -0.3 is 14.7 Å². The number of aromatic nitrogens is 2. The smallest absolute Gasteiger partial charge is 0.164 e. The van der Waals surface area contributed by atoms with Crippen molar-refractivity contribution in [1.29, 1.82) is 0 Å². The zero-order valence-corrected chi connectivity index (χ0v) is 38.0. The van der Waals surface area contributed by atoms with Crippen molar-refractivity contribution in [2.24, 2.45) is 10.8 Å². The van der Waals surface area contributed by atoms with Crippen LogP contribution in [0.3, 0.4) is 0 Å². The summed E-state index contributed by atoms with van der Waals surface area (Å²) >= 11 is 0. The van der Waals surface area contributed by atoms with E-state index >= 15 is 0 Å². The molecule has 5 heteroatoms. The van der Waals surface area contributed by atoms with Crippen molar-refractivity contribution >= 4 is 27.6 Å². The van der Waals surface area contributed by atoms with Crippen LogP contribution in [-0.2, 0) is 30.3 Å². The predicted molar refractivity (Wildman–Crippen MR) is 246 cm³/mol. The summed E-state index contributed by atoms with van der Waals surface area (Å²) < 4.78 is 2.51. The number of benzene rings is 6. The molecule has 0 saturated carbocycles. The second-order valence-electron chi connectivity index (χ2n) is 18.2. The Morgan fingerprint density at radius 1 is 0.633 bits per heavy atom. The van der Waals surface area contributed by atoms with Gasteiger partial charge in [0.2, 0.25) is 0 Å². The van der Waals surface area contributed by atoms with Gasteiger partial charge in [0, 0.05) is 59.4 Å². The van der Waals surface area contributed by atoms with Crippen LogP contribution in [0.1, 0.15) is 66.5 Å². The molecule has 3 heterocycles. The molecule has 1 aliphatic rings. The molecule has 6 aromatic carbocycles. The van der Waals surface area contributed by atoms with Gasteiger partial charge in [0.15, 0.2) is 5.78 Å². The summed E-state index contributed by atoms with van der Waals surface area (Å²) in [6.07, 6.45) is 3.17. The maximum absolute atomic E-state index is 11.5. The maximum Gasteiger partial charge on any atom is 0.164 e. The molecule has 0 atom stereocenters. The van der Waals surface area contributed by atoms with E-state index in [1.165, 1.54) is 72.5 Å². The number of pyridine rings is 1.